The van der Waals surface area contributed by atoms with Gasteiger partial charge < -0.3 is 5.73 Å². The van der Waals surface area contributed by atoms with Gasteiger partial charge in [-0.1, -0.05) is 13.3 Å². The smallest absolute Gasteiger partial charge is 0.0218 e. The van der Waals surface area contributed by atoms with Gasteiger partial charge in [0.05, 0.1) is 0 Å². The Bertz CT molecular complexity index is 81.3. The third-order valence-electron chi connectivity index (χ3n) is 2.43. The van der Waals surface area contributed by atoms with Gasteiger partial charge in [-0.05, 0) is 25.9 Å². The van der Waals surface area contributed by atoms with Crippen molar-refractivity contribution in [2.24, 2.45) is 5.73 Å². The van der Waals surface area contributed by atoms with Crippen molar-refractivity contribution < 1.29 is 0 Å². The predicted octanol–water partition coefficient (Wildman–Crippen LogP) is 0.820. The molecule has 0 spiro atoms. The van der Waals surface area contributed by atoms with Crippen LogP contribution in [0.5, 0.6) is 0 Å². The summed E-state index contributed by atoms with van der Waals surface area (Å²) in [6.45, 7) is 5.49. The summed E-state index contributed by atoms with van der Waals surface area (Å²) in [4.78, 5) is 2.49. The monoisotopic (exact) mass is 142 g/mol. The fraction of sp³-hybridized carbons (Fsp3) is 1.00. The van der Waals surface area contributed by atoms with Crippen LogP contribution in [0.1, 0.15) is 26.2 Å². The maximum absolute atomic E-state index is 5.63. The van der Waals surface area contributed by atoms with E-state index in [0.29, 0.717) is 6.04 Å². The van der Waals surface area contributed by atoms with Gasteiger partial charge in [-0.2, -0.15) is 0 Å². The van der Waals surface area contributed by atoms with E-state index in [1.165, 1.54) is 32.4 Å². The zero-order valence-electron chi connectivity index (χ0n) is 6.84. The molecule has 1 fully saturated rings. The molecule has 0 bridgehead atoms. The van der Waals surface area contributed by atoms with Gasteiger partial charge in [0.25, 0.3) is 0 Å². The number of nitrogens with two attached hydrogens (primary N) is 1. The number of hydrogen-bond donors (Lipinski definition) is 1. The lowest BCUT2D eigenvalue weighted by Crippen LogP contribution is -2.43. The molecule has 0 aromatic heterocycles. The molecule has 1 rings (SSSR count). The lowest BCUT2D eigenvalue weighted by Gasteiger charge is -2.33. The molecule has 1 aliphatic heterocycles. The maximum atomic E-state index is 5.63. The molecule has 1 saturated heterocycles. The van der Waals surface area contributed by atoms with Crippen LogP contribution in [0, 0.1) is 0 Å². The van der Waals surface area contributed by atoms with Crippen molar-refractivity contribution in [3.63, 3.8) is 0 Å². The zero-order chi connectivity index (χ0) is 7.40. The van der Waals surface area contributed by atoms with E-state index in [0.717, 1.165) is 6.54 Å². The minimum Gasteiger partial charge on any atom is -0.329 e. The number of hydrogen-bond acceptors (Lipinski definition) is 2. The third kappa shape index (κ3) is 1.70. The molecule has 0 saturated carbocycles. The molecular formula is C8H18N2. The fourth-order valence-electron chi connectivity index (χ4n) is 1.74. The summed E-state index contributed by atoms with van der Waals surface area (Å²) in [6, 6.07) is 0.679. The normalized spacial score (nSPS) is 28.8. The number of likely N-dealkylation sites (N-methyl/N-ethyl adjacent to an activating group) is 1. The van der Waals surface area contributed by atoms with E-state index in [2.05, 4.69) is 11.8 Å². The number of nitrogens with zero attached hydrogens (tertiary/aromatic N) is 1. The highest BCUT2D eigenvalue weighted by Gasteiger charge is 2.18. The van der Waals surface area contributed by atoms with Gasteiger partial charge in [-0.15, -0.1) is 0 Å². The van der Waals surface area contributed by atoms with Crippen molar-refractivity contribution in [2.45, 2.75) is 32.2 Å². The summed E-state index contributed by atoms with van der Waals surface area (Å²) < 4.78 is 0. The predicted molar refractivity (Wildman–Crippen MR) is 43.9 cm³/mol. The standard InChI is InChI=1S/C8H18N2/c1-2-10-6-4-3-5-8(10)7-9/h8H,2-7,9H2,1H3/t8-/m1/s1. The number of rotatable bonds is 2. The first-order valence-electron chi connectivity index (χ1n) is 4.32. The van der Waals surface area contributed by atoms with E-state index < -0.39 is 0 Å². The second-order valence-corrected chi connectivity index (χ2v) is 3.01. The quantitative estimate of drug-likeness (QED) is 0.618. The van der Waals surface area contributed by atoms with Crippen molar-refractivity contribution in [1.29, 1.82) is 0 Å². The van der Waals surface area contributed by atoms with Gasteiger partial charge in [0.15, 0.2) is 0 Å². The van der Waals surface area contributed by atoms with E-state index >= 15 is 0 Å². The van der Waals surface area contributed by atoms with Crippen LogP contribution in [0.2, 0.25) is 0 Å². The van der Waals surface area contributed by atoms with Crippen molar-refractivity contribution in [3.05, 3.63) is 0 Å². The van der Waals surface area contributed by atoms with Gasteiger partial charge in [-0.3, -0.25) is 4.90 Å². The number of piperidine rings is 1. The van der Waals surface area contributed by atoms with Crippen LogP contribution < -0.4 is 5.73 Å². The van der Waals surface area contributed by atoms with Crippen molar-refractivity contribution in [1.82, 2.24) is 4.90 Å². The molecule has 2 N–H and O–H groups in total. The van der Waals surface area contributed by atoms with Crippen molar-refractivity contribution >= 4 is 0 Å². The fourth-order valence-corrected chi connectivity index (χ4v) is 1.74. The van der Waals surface area contributed by atoms with Crippen LogP contribution in [-0.4, -0.2) is 30.6 Å². The molecule has 0 unspecified atom stereocenters. The van der Waals surface area contributed by atoms with Crippen LogP contribution in [0.25, 0.3) is 0 Å². The van der Waals surface area contributed by atoms with Crippen LogP contribution in [-0.2, 0) is 0 Å². The minimum absolute atomic E-state index is 0.679. The molecule has 2 heteroatoms. The van der Waals surface area contributed by atoms with Crippen molar-refractivity contribution in [2.75, 3.05) is 19.6 Å². The Balaban J connectivity index is 2.34. The van der Waals surface area contributed by atoms with Crippen LogP contribution in [0.3, 0.4) is 0 Å². The highest BCUT2D eigenvalue weighted by molar-refractivity contribution is 4.75. The van der Waals surface area contributed by atoms with E-state index in [-0.39, 0.29) is 0 Å². The highest BCUT2D eigenvalue weighted by atomic mass is 15.2. The summed E-state index contributed by atoms with van der Waals surface area (Å²) in [5.74, 6) is 0. The molecule has 0 aliphatic carbocycles. The van der Waals surface area contributed by atoms with Gasteiger partial charge in [0.2, 0.25) is 0 Å². The lowest BCUT2D eigenvalue weighted by molar-refractivity contribution is 0.161. The van der Waals surface area contributed by atoms with E-state index in [9.17, 15) is 0 Å². The summed E-state index contributed by atoms with van der Waals surface area (Å²) in [5, 5.41) is 0. The SMILES string of the molecule is CCN1CCCC[C@@H]1CN. The summed E-state index contributed by atoms with van der Waals surface area (Å²) in [7, 11) is 0. The zero-order valence-corrected chi connectivity index (χ0v) is 6.84. The molecule has 60 valence electrons. The van der Waals surface area contributed by atoms with E-state index in [1.54, 1.807) is 0 Å². The molecule has 10 heavy (non-hydrogen) atoms. The first-order valence-corrected chi connectivity index (χ1v) is 4.32. The molecule has 0 aromatic rings. The van der Waals surface area contributed by atoms with E-state index in [4.69, 9.17) is 5.73 Å². The summed E-state index contributed by atoms with van der Waals surface area (Å²) in [5.41, 5.74) is 5.63. The molecular weight excluding hydrogens is 124 g/mol. The Morgan fingerprint density at radius 3 is 2.80 bits per heavy atom. The lowest BCUT2D eigenvalue weighted by atomic mass is 10.0. The van der Waals surface area contributed by atoms with Crippen LogP contribution in [0.4, 0.5) is 0 Å². The second kappa shape index (κ2) is 3.94. The third-order valence-corrected chi connectivity index (χ3v) is 2.43. The Morgan fingerprint density at radius 1 is 1.50 bits per heavy atom. The molecule has 0 radical (unpaired) electrons. The van der Waals surface area contributed by atoms with Gasteiger partial charge in [-0.25, -0.2) is 0 Å². The Kier molecular flexibility index (Phi) is 3.16. The molecule has 1 heterocycles. The largest absolute Gasteiger partial charge is 0.329 e. The Morgan fingerprint density at radius 2 is 2.30 bits per heavy atom. The van der Waals surface area contributed by atoms with Gasteiger partial charge in [0, 0.05) is 12.6 Å². The molecule has 2 nitrogen and oxygen atoms in total. The van der Waals surface area contributed by atoms with Crippen LogP contribution >= 0.6 is 0 Å². The Hall–Kier alpha value is -0.0800. The average Bonchev–Trinajstić information content (AvgIpc) is 2.04. The van der Waals surface area contributed by atoms with Crippen LogP contribution in [0.15, 0.2) is 0 Å². The highest BCUT2D eigenvalue weighted by Crippen LogP contribution is 2.14. The Labute approximate surface area is 63.4 Å². The summed E-state index contributed by atoms with van der Waals surface area (Å²) >= 11 is 0. The average molecular weight is 142 g/mol. The molecule has 0 aromatic carbocycles. The number of likely N-dealkylation sites (tertiary alicyclic amines) is 1. The first kappa shape index (κ1) is 8.02. The minimum atomic E-state index is 0.679. The molecule has 1 aliphatic rings. The molecule has 0 amide bonds. The van der Waals surface area contributed by atoms with Crippen molar-refractivity contribution in [3.8, 4) is 0 Å². The molecule has 1 atom stereocenters. The summed E-state index contributed by atoms with van der Waals surface area (Å²) in [6.07, 6.45) is 4.05. The second-order valence-electron chi connectivity index (χ2n) is 3.01. The first-order chi connectivity index (χ1) is 4.88. The maximum Gasteiger partial charge on any atom is 0.0218 e. The topological polar surface area (TPSA) is 29.3 Å². The van der Waals surface area contributed by atoms with E-state index in [1.807, 2.05) is 0 Å². The van der Waals surface area contributed by atoms with Gasteiger partial charge >= 0.3 is 0 Å². The van der Waals surface area contributed by atoms with Gasteiger partial charge in [0.1, 0.15) is 0 Å².